The third-order valence-corrected chi connectivity index (χ3v) is 7.60. The quantitative estimate of drug-likeness (QED) is 0.488. The maximum atomic E-state index is 13.6. The Kier molecular flexibility index (Phi) is 8.60. The van der Waals surface area contributed by atoms with Crippen molar-refractivity contribution in [1.29, 1.82) is 0 Å². The molecular weight excluding hydrogens is 416 g/mol. The van der Waals surface area contributed by atoms with E-state index >= 15 is 0 Å². The highest BCUT2D eigenvalue weighted by atomic mass is 16.5. The van der Waals surface area contributed by atoms with Gasteiger partial charge in [0, 0.05) is 39.4 Å². The molecule has 1 amide bonds. The van der Waals surface area contributed by atoms with E-state index in [4.69, 9.17) is 14.2 Å². The van der Waals surface area contributed by atoms with Crippen molar-refractivity contribution in [2.75, 3.05) is 40.6 Å². The first-order valence-electron chi connectivity index (χ1n) is 12.3. The third kappa shape index (κ3) is 5.79. The van der Waals surface area contributed by atoms with Crippen LogP contribution >= 0.6 is 0 Å². The number of nitrogens with one attached hydrogen (secondary N) is 1. The second kappa shape index (κ2) is 10.9. The summed E-state index contributed by atoms with van der Waals surface area (Å²) < 4.78 is 16.9. The minimum Gasteiger partial charge on any atom is -0.382 e. The molecule has 1 fully saturated rings. The first kappa shape index (κ1) is 26.1. The van der Waals surface area contributed by atoms with E-state index in [-0.39, 0.29) is 13.3 Å². The van der Waals surface area contributed by atoms with Gasteiger partial charge in [-0.05, 0) is 78.5 Å². The average Bonchev–Trinajstić information content (AvgIpc) is 2.87. The molecule has 2 aliphatic carbocycles. The highest BCUT2D eigenvalue weighted by molar-refractivity contribution is 5.87. The van der Waals surface area contributed by atoms with Crippen LogP contribution in [0.15, 0.2) is 34.6 Å². The summed E-state index contributed by atoms with van der Waals surface area (Å²) in [4.78, 5) is 15.8. The first-order chi connectivity index (χ1) is 15.6. The van der Waals surface area contributed by atoms with Gasteiger partial charge in [-0.15, -0.1) is 0 Å². The lowest BCUT2D eigenvalue weighted by atomic mass is 9.79. The predicted octanol–water partition coefficient (Wildman–Crippen LogP) is 4.43. The lowest BCUT2D eigenvalue weighted by Crippen LogP contribution is -2.57. The van der Waals surface area contributed by atoms with Crippen LogP contribution in [0.3, 0.4) is 0 Å². The van der Waals surface area contributed by atoms with Crippen molar-refractivity contribution >= 4 is 5.91 Å². The molecule has 0 saturated carbocycles. The molecule has 187 valence electrons. The van der Waals surface area contributed by atoms with Crippen molar-refractivity contribution in [3.63, 3.8) is 0 Å². The van der Waals surface area contributed by atoms with E-state index in [9.17, 15) is 4.79 Å². The van der Waals surface area contributed by atoms with E-state index in [0.717, 1.165) is 50.2 Å². The van der Waals surface area contributed by atoms with E-state index in [1.54, 1.807) is 7.11 Å². The van der Waals surface area contributed by atoms with Gasteiger partial charge in [0.1, 0.15) is 0 Å². The number of likely N-dealkylation sites (N-methyl/N-ethyl adjacent to an activating group) is 1. The molecule has 0 aromatic carbocycles. The molecule has 0 aromatic rings. The zero-order valence-corrected chi connectivity index (χ0v) is 21.6. The summed E-state index contributed by atoms with van der Waals surface area (Å²) in [5, 5.41) is 3.33. The first-order valence-corrected chi connectivity index (χ1v) is 12.3. The molecule has 1 radical (unpaired) electrons. The largest absolute Gasteiger partial charge is 0.382 e. The maximum Gasteiger partial charge on any atom is 0.244 e. The van der Waals surface area contributed by atoms with Gasteiger partial charge in [0.25, 0.3) is 0 Å². The van der Waals surface area contributed by atoms with Gasteiger partial charge in [0.2, 0.25) is 5.91 Å². The van der Waals surface area contributed by atoms with E-state index in [1.807, 2.05) is 13.8 Å². The minimum atomic E-state index is -0.634. The molecule has 3 aliphatic rings. The van der Waals surface area contributed by atoms with Crippen molar-refractivity contribution in [1.82, 2.24) is 10.2 Å². The Bertz CT molecular complexity index is 809. The maximum absolute atomic E-state index is 13.6. The van der Waals surface area contributed by atoms with Gasteiger partial charge < -0.3 is 19.5 Å². The number of hydrogen-bond donors (Lipinski definition) is 1. The van der Waals surface area contributed by atoms with Crippen molar-refractivity contribution in [2.45, 2.75) is 77.5 Å². The lowest BCUT2D eigenvalue weighted by molar-refractivity contribution is -0.132. The van der Waals surface area contributed by atoms with Crippen molar-refractivity contribution in [3.05, 3.63) is 41.0 Å². The van der Waals surface area contributed by atoms with Crippen LogP contribution in [0.2, 0.25) is 0 Å². The summed E-state index contributed by atoms with van der Waals surface area (Å²) >= 11 is 0. The molecule has 1 atom stereocenters. The number of carbonyl (C=O) groups excluding carboxylic acids is 1. The van der Waals surface area contributed by atoms with E-state index < -0.39 is 11.1 Å². The van der Waals surface area contributed by atoms with Crippen molar-refractivity contribution in [2.24, 2.45) is 5.92 Å². The van der Waals surface area contributed by atoms with Gasteiger partial charge in [-0.1, -0.05) is 24.1 Å². The highest BCUT2D eigenvalue weighted by Crippen LogP contribution is 2.43. The van der Waals surface area contributed by atoms with Gasteiger partial charge in [-0.25, -0.2) is 0 Å². The second-order valence-corrected chi connectivity index (χ2v) is 10.4. The molecule has 1 unspecified atom stereocenters. The molecule has 6 nitrogen and oxygen atoms in total. The van der Waals surface area contributed by atoms with Gasteiger partial charge in [-0.3, -0.25) is 9.69 Å². The zero-order valence-electron chi connectivity index (χ0n) is 21.6. The number of methoxy groups -OCH3 is 1. The van der Waals surface area contributed by atoms with Crippen LogP contribution in [0.25, 0.3) is 0 Å². The van der Waals surface area contributed by atoms with Crippen LogP contribution < -0.4 is 5.32 Å². The number of carbonyl (C=O) groups is 1. The SMILES string of the molecule is CCC1=C(C(C)(C)OCCOC)C=C(NC(=O)C(C)(C)N(C)C2CCOCC2)C2[CH]C=C2C1.[HH]. The predicted molar refractivity (Wildman–Crippen MR) is 134 cm³/mol. The topological polar surface area (TPSA) is 60.0 Å². The minimum absolute atomic E-state index is 0. The fourth-order valence-electron chi connectivity index (χ4n) is 4.95. The van der Waals surface area contributed by atoms with Crippen LogP contribution in [-0.2, 0) is 19.0 Å². The summed E-state index contributed by atoms with van der Waals surface area (Å²) in [7, 11) is 3.75. The number of amides is 1. The summed E-state index contributed by atoms with van der Waals surface area (Å²) in [5.41, 5.74) is 3.73. The number of hydrogen-bond acceptors (Lipinski definition) is 5. The summed E-state index contributed by atoms with van der Waals surface area (Å²) in [6.07, 6.45) is 10.3. The van der Waals surface area contributed by atoms with Crippen molar-refractivity contribution < 1.29 is 20.4 Å². The van der Waals surface area contributed by atoms with Crippen molar-refractivity contribution in [3.8, 4) is 0 Å². The van der Waals surface area contributed by atoms with Crippen LogP contribution in [0.5, 0.6) is 0 Å². The Labute approximate surface area is 201 Å². The van der Waals surface area contributed by atoms with Crippen LogP contribution in [0.4, 0.5) is 0 Å². The number of allylic oxidation sites excluding steroid dienone is 3. The Morgan fingerprint density at radius 3 is 2.52 bits per heavy atom. The zero-order chi connectivity index (χ0) is 24.2. The van der Waals surface area contributed by atoms with Gasteiger partial charge >= 0.3 is 0 Å². The molecule has 0 bridgehead atoms. The molecule has 1 heterocycles. The number of nitrogens with zero attached hydrogens (tertiary/aromatic N) is 1. The smallest absolute Gasteiger partial charge is 0.244 e. The number of ether oxygens (including phenoxy) is 3. The summed E-state index contributed by atoms with van der Waals surface area (Å²) in [6.45, 7) is 13.0. The molecule has 1 saturated heterocycles. The fraction of sp³-hybridized carbons (Fsp3) is 0.704. The molecule has 1 N–H and O–H groups in total. The molecular formula is C27H45N2O4. The van der Waals surface area contributed by atoms with E-state index in [2.05, 4.69) is 56.6 Å². The monoisotopic (exact) mass is 461 g/mol. The van der Waals surface area contributed by atoms with Gasteiger partial charge in [0.15, 0.2) is 0 Å². The third-order valence-electron chi connectivity index (χ3n) is 7.60. The summed E-state index contributed by atoms with van der Waals surface area (Å²) in [5.74, 6) is 0.187. The molecule has 6 heteroatoms. The number of rotatable bonds is 10. The average molecular weight is 462 g/mol. The van der Waals surface area contributed by atoms with Crippen LogP contribution in [0, 0.1) is 12.3 Å². The fourth-order valence-corrected chi connectivity index (χ4v) is 4.95. The molecule has 3 rings (SSSR count). The van der Waals surface area contributed by atoms with Crippen LogP contribution in [0.1, 0.15) is 61.7 Å². The Morgan fingerprint density at radius 2 is 1.94 bits per heavy atom. The second-order valence-electron chi connectivity index (χ2n) is 10.4. The highest BCUT2D eigenvalue weighted by Gasteiger charge is 2.40. The molecule has 0 spiro atoms. The van der Waals surface area contributed by atoms with E-state index in [0.29, 0.717) is 19.3 Å². The Hall–Kier alpha value is -1.47. The van der Waals surface area contributed by atoms with E-state index in [1.165, 1.54) is 11.1 Å². The summed E-state index contributed by atoms with van der Waals surface area (Å²) in [6, 6.07) is 0.351. The van der Waals surface area contributed by atoms with Gasteiger partial charge in [-0.2, -0.15) is 0 Å². The molecule has 0 aromatic heterocycles. The molecule has 1 aliphatic heterocycles. The normalized spacial score (nSPS) is 22.4. The lowest BCUT2D eigenvalue weighted by Gasteiger charge is -2.42. The Balaban J connectivity index is 0.00000408. The van der Waals surface area contributed by atoms with Gasteiger partial charge in [0.05, 0.1) is 24.4 Å². The van der Waals surface area contributed by atoms with Crippen LogP contribution in [-0.4, -0.2) is 68.6 Å². The number of fused-ring (bicyclic) bond motifs is 1. The standard InChI is InChI=1S/C27H43N2O4.H2/c1-8-19-17-20-9-10-22(20)24(18-23(19)27(4,5)33-16-15-31-7)28-25(30)26(2,3)29(6)21-11-13-32-14-12-21;/h9-10,18,21-22H,8,11-17H2,1-7H3,(H,28,30);1H. The molecule has 33 heavy (non-hydrogen) atoms. The Morgan fingerprint density at radius 1 is 1.24 bits per heavy atom.